The van der Waals surface area contributed by atoms with Crippen molar-refractivity contribution in [3.8, 4) is 6.07 Å². The molecule has 1 aliphatic rings. The highest BCUT2D eigenvalue weighted by Gasteiger charge is 2.42. The highest BCUT2D eigenvalue weighted by atomic mass is 35.5. The van der Waals surface area contributed by atoms with E-state index in [0.717, 1.165) is 11.3 Å². The molecular weight excluding hydrogens is 230 g/mol. The molecule has 0 aromatic carbocycles. The van der Waals surface area contributed by atoms with Crippen molar-refractivity contribution in [1.29, 1.82) is 5.26 Å². The summed E-state index contributed by atoms with van der Waals surface area (Å²) in [6.45, 7) is 0. The molecule has 15 heavy (non-hydrogen) atoms. The molecule has 0 N–H and O–H groups in total. The standard InChI is InChI=1S/C11H10ClNOS/c12-10-4-3-8(15-10)6-11(7-13)5-1-2-9(11)14/h3-4H,1-2,5-6H2. The van der Waals surface area contributed by atoms with E-state index >= 15 is 0 Å². The normalized spacial score (nSPS) is 25.5. The van der Waals surface area contributed by atoms with Crippen LogP contribution in [0.1, 0.15) is 24.1 Å². The summed E-state index contributed by atoms with van der Waals surface area (Å²) >= 11 is 7.27. The Labute approximate surface area is 97.5 Å². The zero-order valence-corrected chi connectivity index (χ0v) is 9.70. The summed E-state index contributed by atoms with van der Waals surface area (Å²) in [6, 6.07) is 5.91. The summed E-state index contributed by atoms with van der Waals surface area (Å²) in [5.41, 5.74) is -0.770. The van der Waals surface area contributed by atoms with E-state index in [2.05, 4.69) is 6.07 Å². The van der Waals surface area contributed by atoms with Crippen LogP contribution in [0, 0.1) is 16.7 Å². The molecule has 2 rings (SSSR count). The van der Waals surface area contributed by atoms with Crippen LogP contribution >= 0.6 is 22.9 Å². The van der Waals surface area contributed by atoms with Crippen LogP contribution in [0.4, 0.5) is 0 Å². The van der Waals surface area contributed by atoms with Crippen LogP contribution in [0.5, 0.6) is 0 Å². The molecule has 1 fully saturated rings. The smallest absolute Gasteiger partial charge is 0.153 e. The molecule has 0 amide bonds. The molecule has 0 saturated heterocycles. The molecule has 0 spiro atoms. The number of nitriles is 1. The molecule has 0 bridgehead atoms. The van der Waals surface area contributed by atoms with E-state index in [0.29, 0.717) is 23.6 Å². The third kappa shape index (κ3) is 1.92. The van der Waals surface area contributed by atoms with E-state index in [1.165, 1.54) is 11.3 Å². The fourth-order valence-corrected chi connectivity index (χ4v) is 3.22. The molecule has 0 aliphatic heterocycles. The summed E-state index contributed by atoms with van der Waals surface area (Å²) in [5, 5.41) is 9.16. The van der Waals surface area contributed by atoms with Gasteiger partial charge in [0.2, 0.25) is 0 Å². The zero-order valence-electron chi connectivity index (χ0n) is 8.12. The van der Waals surface area contributed by atoms with Crippen molar-refractivity contribution >= 4 is 28.7 Å². The van der Waals surface area contributed by atoms with Crippen LogP contribution in [0.3, 0.4) is 0 Å². The molecule has 1 aromatic heterocycles. The second-order valence-electron chi connectivity index (χ2n) is 3.85. The van der Waals surface area contributed by atoms with Crippen LogP contribution in [0.15, 0.2) is 12.1 Å². The van der Waals surface area contributed by atoms with Gasteiger partial charge in [0.15, 0.2) is 5.78 Å². The fourth-order valence-electron chi connectivity index (χ4n) is 2.02. The van der Waals surface area contributed by atoms with Gasteiger partial charge in [0.1, 0.15) is 5.41 Å². The number of hydrogen-bond donors (Lipinski definition) is 0. The van der Waals surface area contributed by atoms with Gasteiger partial charge >= 0.3 is 0 Å². The third-order valence-corrected chi connectivity index (χ3v) is 4.09. The minimum atomic E-state index is -0.770. The Bertz CT molecular complexity index is 434. The summed E-state index contributed by atoms with van der Waals surface area (Å²) in [5.74, 6) is 0.0922. The summed E-state index contributed by atoms with van der Waals surface area (Å²) in [6.07, 6.45) is 2.61. The molecule has 1 saturated carbocycles. The molecule has 1 aliphatic carbocycles. The maximum atomic E-state index is 11.7. The van der Waals surface area contributed by atoms with E-state index in [-0.39, 0.29) is 5.78 Å². The lowest BCUT2D eigenvalue weighted by molar-refractivity contribution is -0.123. The van der Waals surface area contributed by atoms with Gasteiger partial charge < -0.3 is 0 Å². The van der Waals surface area contributed by atoms with Gasteiger partial charge in [-0.25, -0.2) is 0 Å². The topological polar surface area (TPSA) is 40.9 Å². The van der Waals surface area contributed by atoms with Crippen LogP contribution in [0.2, 0.25) is 4.34 Å². The number of halogens is 1. The van der Waals surface area contributed by atoms with Gasteiger partial charge in [-0.1, -0.05) is 11.6 Å². The predicted molar refractivity (Wildman–Crippen MR) is 59.9 cm³/mol. The molecule has 4 heteroatoms. The first-order valence-corrected chi connectivity index (χ1v) is 6.04. The number of thiophene rings is 1. The molecule has 2 nitrogen and oxygen atoms in total. The summed E-state index contributed by atoms with van der Waals surface area (Å²) in [4.78, 5) is 12.7. The van der Waals surface area contributed by atoms with Crippen molar-refractivity contribution in [2.24, 2.45) is 5.41 Å². The molecule has 78 valence electrons. The first kappa shape index (κ1) is 10.7. The van der Waals surface area contributed by atoms with Crippen LogP contribution in [-0.2, 0) is 11.2 Å². The van der Waals surface area contributed by atoms with Gasteiger partial charge in [0.25, 0.3) is 0 Å². The number of carbonyl (C=O) groups is 1. The van der Waals surface area contributed by atoms with Gasteiger partial charge in [-0.3, -0.25) is 4.79 Å². The number of ketones is 1. The van der Waals surface area contributed by atoms with Crippen molar-refractivity contribution in [1.82, 2.24) is 0 Å². The van der Waals surface area contributed by atoms with Gasteiger partial charge in [0.05, 0.1) is 10.4 Å². The first-order chi connectivity index (χ1) is 7.16. The Balaban J connectivity index is 2.23. The maximum absolute atomic E-state index is 11.7. The molecular formula is C11H10ClNOS. The summed E-state index contributed by atoms with van der Waals surface area (Å²) < 4.78 is 0.712. The van der Waals surface area contributed by atoms with Gasteiger partial charge in [-0.2, -0.15) is 5.26 Å². The van der Waals surface area contributed by atoms with E-state index in [1.54, 1.807) is 0 Å². The second kappa shape index (κ2) is 3.96. The zero-order chi connectivity index (χ0) is 10.9. The maximum Gasteiger partial charge on any atom is 0.153 e. The Morgan fingerprint density at radius 2 is 2.40 bits per heavy atom. The Morgan fingerprint density at radius 1 is 1.60 bits per heavy atom. The predicted octanol–water partition coefficient (Wildman–Crippen LogP) is 3.21. The molecule has 1 heterocycles. The molecule has 1 aromatic rings. The van der Waals surface area contributed by atoms with Gasteiger partial charge in [-0.05, 0) is 25.0 Å². The molecule has 1 atom stereocenters. The average molecular weight is 240 g/mol. The lowest BCUT2D eigenvalue weighted by Gasteiger charge is -2.16. The van der Waals surface area contributed by atoms with Crippen LogP contribution in [-0.4, -0.2) is 5.78 Å². The lowest BCUT2D eigenvalue weighted by atomic mass is 9.83. The van der Waals surface area contributed by atoms with Crippen LogP contribution in [0.25, 0.3) is 0 Å². The highest BCUT2D eigenvalue weighted by Crippen LogP contribution is 2.39. The Kier molecular flexibility index (Phi) is 2.81. The van der Waals surface area contributed by atoms with Gasteiger partial charge in [0, 0.05) is 17.7 Å². The monoisotopic (exact) mass is 239 g/mol. The van der Waals surface area contributed by atoms with Crippen molar-refractivity contribution < 1.29 is 4.79 Å². The van der Waals surface area contributed by atoms with Crippen molar-refractivity contribution in [2.45, 2.75) is 25.7 Å². The first-order valence-electron chi connectivity index (χ1n) is 4.85. The molecule has 0 radical (unpaired) electrons. The number of hydrogen-bond acceptors (Lipinski definition) is 3. The van der Waals surface area contributed by atoms with Crippen molar-refractivity contribution in [3.63, 3.8) is 0 Å². The van der Waals surface area contributed by atoms with Crippen LogP contribution < -0.4 is 0 Å². The quantitative estimate of drug-likeness (QED) is 0.795. The Morgan fingerprint density at radius 3 is 2.87 bits per heavy atom. The summed E-state index contributed by atoms with van der Waals surface area (Å²) in [7, 11) is 0. The van der Waals surface area contributed by atoms with E-state index < -0.39 is 5.41 Å². The minimum Gasteiger partial charge on any atom is -0.298 e. The Hall–Kier alpha value is -0.850. The number of rotatable bonds is 2. The fraction of sp³-hybridized carbons (Fsp3) is 0.455. The molecule has 1 unspecified atom stereocenters. The average Bonchev–Trinajstić information content (AvgIpc) is 2.76. The largest absolute Gasteiger partial charge is 0.298 e. The highest BCUT2D eigenvalue weighted by molar-refractivity contribution is 7.16. The van der Waals surface area contributed by atoms with Gasteiger partial charge in [-0.15, -0.1) is 11.3 Å². The number of carbonyl (C=O) groups excluding carboxylic acids is 1. The lowest BCUT2D eigenvalue weighted by Crippen LogP contribution is -2.25. The number of Topliss-reactive ketones (excluding diaryl/α,β-unsaturated/α-hetero) is 1. The van der Waals surface area contributed by atoms with Crippen molar-refractivity contribution in [3.05, 3.63) is 21.3 Å². The van der Waals surface area contributed by atoms with E-state index in [1.807, 2.05) is 12.1 Å². The minimum absolute atomic E-state index is 0.0922. The number of nitrogens with zero attached hydrogens (tertiary/aromatic N) is 1. The SMILES string of the molecule is N#CC1(Cc2ccc(Cl)s2)CCCC1=O. The second-order valence-corrected chi connectivity index (χ2v) is 5.65. The van der Waals surface area contributed by atoms with E-state index in [9.17, 15) is 4.79 Å². The third-order valence-electron chi connectivity index (χ3n) is 2.86. The van der Waals surface area contributed by atoms with Crippen molar-refractivity contribution in [2.75, 3.05) is 0 Å². The van der Waals surface area contributed by atoms with E-state index in [4.69, 9.17) is 16.9 Å².